The van der Waals surface area contributed by atoms with Crippen molar-refractivity contribution in [2.75, 3.05) is 25.1 Å². The van der Waals surface area contributed by atoms with Gasteiger partial charge in [-0.15, -0.1) is 0 Å². The molecule has 45 heavy (non-hydrogen) atoms. The van der Waals surface area contributed by atoms with Crippen LogP contribution >= 0.6 is 0 Å². The zero-order chi connectivity index (χ0) is 32.9. The molecule has 0 spiro atoms. The van der Waals surface area contributed by atoms with Gasteiger partial charge < -0.3 is 24.4 Å². The fourth-order valence-electron chi connectivity index (χ4n) is 5.78. The minimum absolute atomic E-state index is 0.143. The summed E-state index contributed by atoms with van der Waals surface area (Å²) in [6, 6.07) is 17.4. The number of rotatable bonds is 10. The van der Waals surface area contributed by atoms with Crippen molar-refractivity contribution in [1.82, 2.24) is 10.3 Å². The Balaban J connectivity index is 1.81. The van der Waals surface area contributed by atoms with E-state index in [0.29, 0.717) is 17.7 Å². The van der Waals surface area contributed by atoms with E-state index in [2.05, 4.69) is 17.1 Å². The van der Waals surface area contributed by atoms with Gasteiger partial charge in [0, 0.05) is 54.8 Å². The minimum Gasteiger partial charge on any atom is -0.461 e. The topological polar surface area (TPSA) is 90.0 Å². The Morgan fingerprint density at radius 2 is 1.60 bits per heavy atom. The summed E-state index contributed by atoms with van der Waals surface area (Å²) in [7, 11) is 1.76. The summed E-state index contributed by atoms with van der Waals surface area (Å²) in [5, 5.41) is 3.00. The van der Waals surface area contributed by atoms with Gasteiger partial charge in [0.1, 0.15) is 0 Å². The summed E-state index contributed by atoms with van der Waals surface area (Å²) in [5.41, 5.74) is 5.75. The number of benzene rings is 2. The third-order valence-electron chi connectivity index (χ3n) is 8.24. The molecule has 8 nitrogen and oxygen atoms in total. The zero-order valence-corrected chi connectivity index (χ0v) is 28.3. The van der Waals surface area contributed by atoms with Crippen molar-refractivity contribution in [3.8, 4) is 11.1 Å². The lowest BCUT2D eigenvalue weighted by Crippen LogP contribution is -2.44. The number of piperidine rings is 1. The third kappa shape index (κ3) is 8.50. The van der Waals surface area contributed by atoms with E-state index in [9.17, 15) is 9.59 Å². The van der Waals surface area contributed by atoms with Crippen LogP contribution in [0.4, 0.5) is 5.69 Å². The van der Waals surface area contributed by atoms with E-state index < -0.39 is 17.7 Å². The summed E-state index contributed by atoms with van der Waals surface area (Å²) in [6.45, 7) is 17.5. The van der Waals surface area contributed by atoms with E-state index in [1.807, 2.05) is 103 Å². The summed E-state index contributed by atoms with van der Waals surface area (Å²) >= 11 is 0. The Kier molecular flexibility index (Phi) is 10.7. The standard InChI is InChI=1S/C37H49N3O5/c1-24(2)44-35(42)33(45-36(5,6)7)31-26(4)39-25(3)30(32(31)40-21-19-37(8,43-9)20-22-40)28-15-17-29(18-16-28)34(41)38-23-27-13-11-10-12-14-27/h10-18,24,33H,19-23H2,1-9H3,(H,38,41). The van der Waals surface area contributed by atoms with Crippen molar-refractivity contribution in [2.24, 2.45) is 0 Å². The summed E-state index contributed by atoms with van der Waals surface area (Å²) < 4.78 is 18.1. The number of amides is 1. The van der Waals surface area contributed by atoms with Gasteiger partial charge in [-0.3, -0.25) is 9.78 Å². The maximum atomic E-state index is 13.7. The van der Waals surface area contributed by atoms with Gasteiger partial charge in [0.15, 0.2) is 6.10 Å². The first-order chi connectivity index (χ1) is 21.2. The fraction of sp³-hybridized carbons (Fsp3) is 0.486. The molecule has 0 aliphatic carbocycles. The zero-order valence-electron chi connectivity index (χ0n) is 28.3. The van der Waals surface area contributed by atoms with Crippen LogP contribution in [0.1, 0.15) is 93.4 Å². The first-order valence-corrected chi connectivity index (χ1v) is 15.8. The molecule has 1 amide bonds. The number of methoxy groups -OCH3 is 1. The van der Waals surface area contributed by atoms with Crippen molar-refractivity contribution in [3.63, 3.8) is 0 Å². The van der Waals surface area contributed by atoms with Crippen LogP contribution in [0.5, 0.6) is 0 Å². The van der Waals surface area contributed by atoms with E-state index in [1.165, 1.54) is 0 Å². The Morgan fingerprint density at radius 3 is 2.16 bits per heavy atom. The molecular formula is C37H49N3O5. The van der Waals surface area contributed by atoms with Gasteiger partial charge in [-0.1, -0.05) is 42.5 Å². The minimum atomic E-state index is -0.979. The molecule has 2 aromatic carbocycles. The number of aromatic nitrogens is 1. The molecule has 3 aromatic rings. The Bertz CT molecular complexity index is 1470. The second-order valence-corrected chi connectivity index (χ2v) is 13.4. The van der Waals surface area contributed by atoms with E-state index >= 15 is 0 Å². The maximum absolute atomic E-state index is 13.7. The smallest absolute Gasteiger partial charge is 0.340 e. The highest BCUT2D eigenvalue weighted by atomic mass is 16.6. The second kappa shape index (κ2) is 14.1. The predicted molar refractivity (Wildman–Crippen MR) is 178 cm³/mol. The molecule has 1 N–H and O–H groups in total. The van der Waals surface area contributed by atoms with Gasteiger partial charge in [-0.05, 0) is 91.5 Å². The average Bonchev–Trinajstić information content (AvgIpc) is 2.99. The number of aryl methyl sites for hydroxylation is 2. The van der Waals surface area contributed by atoms with Crippen LogP contribution in [0.15, 0.2) is 54.6 Å². The number of esters is 1. The molecule has 1 saturated heterocycles. The number of nitrogens with one attached hydrogen (secondary N) is 1. The number of hydrogen-bond acceptors (Lipinski definition) is 7. The molecule has 1 unspecified atom stereocenters. The van der Waals surface area contributed by atoms with Crippen molar-refractivity contribution in [2.45, 2.75) is 98.2 Å². The molecule has 8 heteroatoms. The van der Waals surface area contributed by atoms with Crippen molar-refractivity contribution in [1.29, 1.82) is 0 Å². The number of anilines is 1. The van der Waals surface area contributed by atoms with Crippen LogP contribution in [-0.2, 0) is 25.5 Å². The highest BCUT2D eigenvalue weighted by Gasteiger charge is 2.38. The normalized spacial score (nSPS) is 15.6. The van der Waals surface area contributed by atoms with Gasteiger partial charge in [0.25, 0.3) is 5.91 Å². The highest BCUT2D eigenvalue weighted by Crippen LogP contribution is 2.44. The van der Waals surface area contributed by atoms with Crippen LogP contribution in [0, 0.1) is 13.8 Å². The molecule has 242 valence electrons. The lowest BCUT2D eigenvalue weighted by atomic mass is 9.89. The van der Waals surface area contributed by atoms with E-state index in [1.54, 1.807) is 7.11 Å². The summed E-state index contributed by atoms with van der Waals surface area (Å²) in [5.74, 6) is -0.583. The van der Waals surface area contributed by atoms with Crippen LogP contribution < -0.4 is 10.2 Å². The molecule has 1 aromatic heterocycles. The lowest BCUT2D eigenvalue weighted by molar-refractivity contribution is -0.171. The Hall–Kier alpha value is -3.75. The summed E-state index contributed by atoms with van der Waals surface area (Å²) in [6.07, 6.45) is 0.367. The molecule has 1 fully saturated rings. The first-order valence-electron chi connectivity index (χ1n) is 15.8. The predicted octanol–water partition coefficient (Wildman–Crippen LogP) is 7.11. The van der Waals surface area contributed by atoms with Crippen LogP contribution in [0.2, 0.25) is 0 Å². The molecule has 0 radical (unpaired) electrons. The van der Waals surface area contributed by atoms with Crippen molar-refractivity contribution >= 4 is 17.6 Å². The Labute approximate surface area is 268 Å². The SMILES string of the molecule is COC1(C)CCN(c2c(-c3ccc(C(=O)NCc4ccccc4)cc3)c(C)nc(C)c2C(OC(C)(C)C)C(=O)OC(C)C)CC1. The molecule has 1 aliphatic rings. The molecular weight excluding hydrogens is 566 g/mol. The number of carbonyl (C=O) groups is 2. The molecule has 1 atom stereocenters. The fourth-order valence-corrected chi connectivity index (χ4v) is 5.78. The van der Waals surface area contributed by atoms with Gasteiger partial charge in [-0.25, -0.2) is 4.79 Å². The molecule has 0 bridgehead atoms. The van der Waals surface area contributed by atoms with Crippen molar-refractivity contribution in [3.05, 3.63) is 82.7 Å². The van der Waals surface area contributed by atoms with Crippen molar-refractivity contribution < 1.29 is 23.8 Å². The summed E-state index contributed by atoms with van der Waals surface area (Å²) in [4.78, 5) is 34.0. The van der Waals surface area contributed by atoms with Gasteiger partial charge >= 0.3 is 5.97 Å². The molecule has 1 aliphatic heterocycles. The van der Waals surface area contributed by atoms with E-state index in [0.717, 1.165) is 59.7 Å². The van der Waals surface area contributed by atoms with E-state index in [4.69, 9.17) is 19.2 Å². The number of hydrogen-bond donors (Lipinski definition) is 1. The first kappa shape index (κ1) is 34.1. The lowest BCUT2D eigenvalue weighted by Gasteiger charge is -2.42. The van der Waals surface area contributed by atoms with E-state index in [-0.39, 0.29) is 17.6 Å². The number of nitrogens with zero attached hydrogens (tertiary/aromatic N) is 2. The molecule has 4 rings (SSSR count). The Morgan fingerprint density at radius 1 is 0.978 bits per heavy atom. The van der Waals surface area contributed by atoms with Gasteiger partial charge in [0.2, 0.25) is 0 Å². The highest BCUT2D eigenvalue weighted by molar-refractivity contribution is 5.95. The van der Waals surface area contributed by atoms with Crippen LogP contribution in [-0.4, -0.2) is 54.4 Å². The molecule has 2 heterocycles. The number of ether oxygens (including phenoxy) is 3. The van der Waals surface area contributed by atoms with Crippen LogP contribution in [0.3, 0.4) is 0 Å². The quantitative estimate of drug-likeness (QED) is 0.243. The van der Waals surface area contributed by atoms with Gasteiger partial charge in [0.05, 0.1) is 23.0 Å². The number of carbonyl (C=O) groups excluding carboxylic acids is 2. The monoisotopic (exact) mass is 615 g/mol. The van der Waals surface area contributed by atoms with Gasteiger partial charge in [-0.2, -0.15) is 0 Å². The number of pyridine rings is 1. The molecule has 0 saturated carbocycles. The third-order valence-corrected chi connectivity index (χ3v) is 8.24. The second-order valence-electron chi connectivity index (χ2n) is 13.4. The largest absolute Gasteiger partial charge is 0.461 e. The maximum Gasteiger partial charge on any atom is 0.340 e. The van der Waals surface area contributed by atoms with Crippen LogP contribution in [0.25, 0.3) is 11.1 Å². The average molecular weight is 616 g/mol.